The van der Waals surface area contributed by atoms with E-state index < -0.39 is 0 Å². The number of hydrogen-bond acceptors (Lipinski definition) is 3. The number of nitrogens with zero attached hydrogens (tertiary/aromatic N) is 3. The Morgan fingerprint density at radius 2 is 2.04 bits per heavy atom. The summed E-state index contributed by atoms with van der Waals surface area (Å²) < 4.78 is 0. The monoisotopic (exact) mass is 371 g/mol. The summed E-state index contributed by atoms with van der Waals surface area (Å²) in [5, 5.41) is 0.669. The SMILES string of the molecule is CCN(Cc1ccncc1)[C@H]1CCCN(C(=O)Cc2ccccc2Cl)C1. The van der Waals surface area contributed by atoms with Gasteiger partial charge in [0.2, 0.25) is 5.91 Å². The molecular weight excluding hydrogens is 346 g/mol. The third-order valence-electron chi connectivity index (χ3n) is 5.11. The first kappa shape index (κ1) is 18.9. The number of benzene rings is 1. The molecule has 2 heterocycles. The Hall–Kier alpha value is -1.91. The van der Waals surface area contributed by atoms with Gasteiger partial charge in [-0.15, -0.1) is 0 Å². The van der Waals surface area contributed by atoms with Crippen molar-refractivity contribution < 1.29 is 4.79 Å². The summed E-state index contributed by atoms with van der Waals surface area (Å²) in [6.07, 6.45) is 6.23. The number of pyridine rings is 1. The highest BCUT2D eigenvalue weighted by atomic mass is 35.5. The maximum absolute atomic E-state index is 12.8. The molecular formula is C21H26ClN3O. The number of aromatic nitrogens is 1. The van der Waals surface area contributed by atoms with Crippen molar-refractivity contribution >= 4 is 17.5 Å². The molecule has 138 valence electrons. The number of halogens is 1. The van der Waals surface area contributed by atoms with Crippen molar-refractivity contribution in [2.24, 2.45) is 0 Å². The molecule has 1 aromatic carbocycles. The number of piperidine rings is 1. The topological polar surface area (TPSA) is 36.4 Å². The molecule has 1 aliphatic heterocycles. The van der Waals surface area contributed by atoms with E-state index in [1.807, 2.05) is 41.6 Å². The van der Waals surface area contributed by atoms with Crippen LogP contribution in [0.4, 0.5) is 0 Å². The van der Waals surface area contributed by atoms with E-state index in [1.165, 1.54) is 5.56 Å². The summed E-state index contributed by atoms with van der Waals surface area (Å²) in [5.41, 5.74) is 2.17. The van der Waals surface area contributed by atoms with E-state index in [2.05, 4.69) is 28.9 Å². The van der Waals surface area contributed by atoms with Crippen LogP contribution in [0, 0.1) is 0 Å². The highest BCUT2D eigenvalue weighted by Gasteiger charge is 2.27. The van der Waals surface area contributed by atoms with Gasteiger partial charge in [-0.05, 0) is 48.7 Å². The number of carbonyl (C=O) groups is 1. The molecule has 0 aliphatic carbocycles. The number of likely N-dealkylation sites (tertiary alicyclic amines) is 1. The highest BCUT2D eigenvalue weighted by molar-refractivity contribution is 6.31. The summed E-state index contributed by atoms with van der Waals surface area (Å²) in [6, 6.07) is 12.1. The van der Waals surface area contributed by atoms with Crippen LogP contribution in [0.25, 0.3) is 0 Å². The van der Waals surface area contributed by atoms with Crippen LogP contribution in [-0.2, 0) is 17.8 Å². The minimum atomic E-state index is 0.169. The maximum Gasteiger partial charge on any atom is 0.227 e. The fourth-order valence-corrected chi connectivity index (χ4v) is 3.82. The zero-order valence-electron chi connectivity index (χ0n) is 15.3. The molecule has 0 spiro atoms. The molecule has 0 radical (unpaired) electrons. The molecule has 0 N–H and O–H groups in total. The van der Waals surface area contributed by atoms with Gasteiger partial charge in [0.05, 0.1) is 6.42 Å². The van der Waals surface area contributed by atoms with Gasteiger partial charge in [0.25, 0.3) is 0 Å². The molecule has 0 unspecified atom stereocenters. The maximum atomic E-state index is 12.8. The summed E-state index contributed by atoms with van der Waals surface area (Å²) in [7, 11) is 0. The number of rotatable bonds is 6. The van der Waals surface area contributed by atoms with Crippen molar-refractivity contribution in [1.29, 1.82) is 0 Å². The molecule has 5 heteroatoms. The van der Waals surface area contributed by atoms with Crippen LogP contribution in [-0.4, -0.2) is 46.4 Å². The van der Waals surface area contributed by atoms with Crippen LogP contribution in [0.1, 0.15) is 30.9 Å². The average Bonchev–Trinajstić information content (AvgIpc) is 2.69. The second-order valence-electron chi connectivity index (χ2n) is 6.82. The molecule has 1 aliphatic rings. The second-order valence-corrected chi connectivity index (χ2v) is 7.23. The predicted molar refractivity (Wildman–Crippen MR) is 105 cm³/mol. The fourth-order valence-electron chi connectivity index (χ4n) is 3.62. The first-order valence-corrected chi connectivity index (χ1v) is 9.69. The van der Waals surface area contributed by atoms with E-state index in [0.717, 1.165) is 44.6 Å². The number of carbonyl (C=O) groups excluding carboxylic acids is 1. The van der Waals surface area contributed by atoms with Crippen LogP contribution >= 0.6 is 11.6 Å². The Labute approximate surface area is 160 Å². The molecule has 1 atom stereocenters. The molecule has 2 aromatic rings. The quantitative estimate of drug-likeness (QED) is 0.775. The van der Waals surface area contributed by atoms with Gasteiger partial charge < -0.3 is 4.90 Å². The average molecular weight is 372 g/mol. The Morgan fingerprint density at radius 1 is 1.27 bits per heavy atom. The van der Waals surface area contributed by atoms with Crippen LogP contribution in [0.15, 0.2) is 48.8 Å². The number of amides is 1. The van der Waals surface area contributed by atoms with Crippen molar-refractivity contribution in [3.05, 3.63) is 64.9 Å². The van der Waals surface area contributed by atoms with Crippen molar-refractivity contribution in [3.8, 4) is 0 Å². The normalized spacial score (nSPS) is 17.5. The summed E-state index contributed by atoms with van der Waals surface area (Å²) in [5.74, 6) is 0.169. The highest BCUT2D eigenvalue weighted by Crippen LogP contribution is 2.21. The van der Waals surface area contributed by atoms with Crippen molar-refractivity contribution in [3.63, 3.8) is 0 Å². The Balaban J connectivity index is 1.62. The van der Waals surface area contributed by atoms with Gasteiger partial charge in [0, 0.05) is 43.1 Å². The number of likely N-dealkylation sites (N-methyl/N-ethyl adjacent to an activating group) is 1. The molecule has 3 rings (SSSR count). The second kappa shape index (κ2) is 9.15. The first-order valence-electron chi connectivity index (χ1n) is 9.31. The lowest BCUT2D eigenvalue weighted by Gasteiger charge is -2.39. The minimum Gasteiger partial charge on any atom is -0.341 e. The molecule has 0 saturated carbocycles. The molecule has 0 bridgehead atoms. The summed E-state index contributed by atoms with van der Waals surface area (Å²) >= 11 is 6.22. The van der Waals surface area contributed by atoms with E-state index in [4.69, 9.17) is 11.6 Å². The lowest BCUT2D eigenvalue weighted by molar-refractivity contribution is -0.132. The van der Waals surface area contributed by atoms with E-state index in [1.54, 1.807) is 0 Å². The van der Waals surface area contributed by atoms with Crippen molar-refractivity contribution in [2.75, 3.05) is 19.6 Å². The van der Waals surface area contributed by atoms with Crippen molar-refractivity contribution in [1.82, 2.24) is 14.8 Å². The van der Waals surface area contributed by atoms with Crippen LogP contribution < -0.4 is 0 Å². The van der Waals surface area contributed by atoms with Gasteiger partial charge in [0.1, 0.15) is 0 Å². The predicted octanol–water partition coefficient (Wildman–Crippen LogP) is 3.79. The first-order chi connectivity index (χ1) is 12.7. The minimum absolute atomic E-state index is 0.169. The Bertz CT molecular complexity index is 722. The van der Waals surface area contributed by atoms with Gasteiger partial charge in [-0.25, -0.2) is 0 Å². The van der Waals surface area contributed by atoms with E-state index in [-0.39, 0.29) is 5.91 Å². The fraction of sp³-hybridized carbons (Fsp3) is 0.429. The molecule has 1 aromatic heterocycles. The third-order valence-corrected chi connectivity index (χ3v) is 5.48. The van der Waals surface area contributed by atoms with Crippen molar-refractivity contribution in [2.45, 2.75) is 38.8 Å². The largest absolute Gasteiger partial charge is 0.341 e. The smallest absolute Gasteiger partial charge is 0.227 e. The van der Waals surface area contributed by atoms with Gasteiger partial charge >= 0.3 is 0 Å². The van der Waals surface area contributed by atoms with Gasteiger partial charge in [-0.2, -0.15) is 0 Å². The van der Waals surface area contributed by atoms with Crippen LogP contribution in [0.2, 0.25) is 5.02 Å². The lowest BCUT2D eigenvalue weighted by Crippen LogP contribution is -2.49. The lowest BCUT2D eigenvalue weighted by atomic mass is 10.0. The van der Waals surface area contributed by atoms with Gasteiger partial charge in [-0.3, -0.25) is 14.7 Å². The molecule has 4 nitrogen and oxygen atoms in total. The molecule has 1 amide bonds. The van der Waals surface area contributed by atoms with E-state index in [9.17, 15) is 4.79 Å². The number of hydrogen-bond donors (Lipinski definition) is 0. The van der Waals surface area contributed by atoms with E-state index in [0.29, 0.717) is 17.5 Å². The van der Waals surface area contributed by atoms with Gasteiger partial charge in [-0.1, -0.05) is 36.7 Å². The molecule has 1 saturated heterocycles. The summed E-state index contributed by atoms with van der Waals surface area (Å²) in [6.45, 7) is 5.69. The zero-order chi connectivity index (χ0) is 18.4. The molecule has 1 fully saturated rings. The molecule has 26 heavy (non-hydrogen) atoms. The third kappa shape index (κ3) is 4.83. The van der Waals surface area contributed by atoms with Crippen LogP contribution in [0.5, 0.6) is 0 Å². The Kier molecular flexibility index (Phi) is 6.64. The summed E-state index contributed by atoms with van der Waals surface area (Å²) in [4.78, 5) is 21.3. The Morgan fingerprint density at radius 3 is 2.77 bits per heavy atom. The van der Waals surface area contributed by atoms with E-state index >= 15 is 0 Å². The van der Waals surface area contributed by atoms with Gasteiger partial charge in [0.15, 0.2) is 0 Å². The standard InChI is InChI=1S/C21H26ClN3O/c1-2-24(15-17-9-11-23-12-10-17)19-7-5-13-25(16-19)21(26)14-18-6-3-4-8-20(18)22/h3-4,6,8-12,19H,2,5,7,13-16H2,1H3/t19-/m0/s1. The van der Waals surface area contributed by atoms with Crippen LogP contribution in [0.3, 0.4) is 0 Å². The zero-order valence-corrected chi connectivity index (χ0v) is 16.0.